The van der Waals surface area contributed by atoms with Crippen LogP contribution in [0.25, 0.3) is 10.2 Å². The lowest BCUT2D eigenvalue weighted by Gasteiger charge is -2.18. The van der Waals surface area contributed by atoms with Crippen molar-refractivity contribution in [2.75, 3.05) is 26.8 Å². The Balaban J connectivity index is 1.87. The minimum absolute atomic E-state index is 0.00412. The molecule has 0 aromatic carbocycles. The van der Waals surface area contributed by atoms with E-state index in [0.29, 0.717) is 35.8 Å². The van der Waals surface area contributed by atoms with Crippen LogP contribution in [0.1, 0.15) is 29.8 Å². The molecule has 1 unspecified atom stereocenters. The van der Waals surface area contributed by atoms with Crippen molar-refractivity contribution < 1.29 is 9.84 Å². The normalized spacial score (nSPS) is 25.6. The molecule has 3 atom stereocenters. The van der Waals surface area contributed by atoms with Gasteiger partial charge in [0, 0.05) is 37.7 Å². The van der Waals surface area contributed by atoms with Crippen molar-refractivity contribution >= 4 is 21.6 Å². The molecular formula is C18H26N4O4S. The predicted octanol–water partition coefficient (Wildman–Crippen LogP) is 0.442. The van der Waals surface area contributed by atoms with Crippen LogP contribution in [-0.4, -0.2) is 52.3 Å². The smallest absolute Gasteiger partial charge is 0.332 e. The highest BCUT2D eigenvalue weighted by atomic mass is 32.1. The summed E-state index contributed by atoms with van der Waals surface area (Å²) in [6.45, 7) is 6.86. The fourth-order valence-corrected chi connectivity index (χ4v) is 5.18. The maximum Gasteiger partial charge on any atom is 0.332 e. The number of aliphatic hydroxyl groups excluding tert-OH is 1. The van der Waals surface area contributed by atoms with Crippen molar-refractivity contribution in [1.29, 1.82) is 0 Å². The SMILES string of the molecule is COCCn1c(=O)n([C@H]2C[C@@H]2C)c(=O)c2c(C)c(CN3CCNC3O)sc21. The van der Waals surface area contributed by atoms with Crippen molar-refractivity contribution in [3.63, 3.8) is 0 Å². The van der Waals surface area contributed by atoms with Crippen molar-refractivity contribution in [2.24, 2.45) is 5.92 Å². The summed E-state index contributed by atoms with van der Waals surface area (Å²) in [6.07, 6.45) is 0.196. The molecule has 2 fully saturated rings. The molecule has 0 bridgehead atoms. The van der Waals surface area contributed by atoms with E-state index in [-0.39, 0.29) is 17.3 Å². The maximum absolute atomic E-state index is 13.2. The summed E-state index contributed by atoms with van der Waals surface area (Å²) in [7, 11) is 1.61. The van der Waals surface area contributed by atoms with Crippen LogP contribution >= 0.6 is 11.3 Å². The molecule has 2 aliphatic rings. The predicted molar refractivity (Wildman–Crippen MR) is 104 cm³/mol. The first-order chi connectivity index (χ1) is 12.9. The zero-order valence-corrected chi connectivity index (χ0v) is 16.7. The highest BCUT2D eigenvalue weighted by Gasteiger charge is 2.38. The van der Waals surface area contributed by atoms with Crippen LogP contribution in [0, 0.1) is 12.8 Å². The third-order valence-electron chi connectivity index (χ3n) is 5.68. The lowest BCUT2D eigenvalue weighted by Crippen LogP contribution is -2.40. The van der Waals surface area contributed by atoms with Gasteiger partial charge in [0.1, 0.15) is 4.83 Å². The summed E-state index contributed by atoms with van der Waals surface area (Å²) in [6, 6.07) is -0.00412. The Bertz CT molecular complexity index is 978. The number of nitrogens with zero attached hydrogens (tertiary/aromatic N) is 3. The molecule has 2 N–H and O–H groups in total. The van der Waals surface area contributed by atoms with Gasteiger partial charge in [-0.25, -0.2) is 4.79 Å². The molecule has 0 spiro atoms. The van der Waals surface area contributed by atoms with E-state index in [0.717, 1.165) is 30.0 Å². The molecule has 8 nitrogen and oxygen atoms in total. The van der Waals surface area contributed by atoms with E-state index in [1.165, 1.54) is 15.9 Å². The van der Waals surface area contributed by atoms with Crippen molar-refractivity contribution in [3.8, 4) is 0 Å². The zero-order valence-electron chi connectivity index (χ0n) is 15.9. The average Bonchev–Trinajstić information content (AvgIpc) is 3.04. The van der Waals surface area contributed by atoms with E-state index >= 15 is 0 Å². The summed E-state index contributed by atoms with van der Waals surface area (Å²) >= 11 is 1.47. The van der Waals surface area contributed by atoms with Gasteiger partial charge in [0.15, 0.2) is 6.35 Å². The van der Waals surface area contributed by atoms with Crippen LogP contribution in [0.3, 0.4) is 0 Å². The summed E-state index contributed by atoms with van der Waals surface area (Å²) in [5.41, 5.74) is 0.486. The highest BCUT2D eigenvalue weighted by Crippen LogP contribution is 2.41. The molecule has 4 rings (SSSR count). The molecule has 0 amide bonds. The van der Waals surface area contributed by atoms with Crippen LogP contribution < -0.4 is 16.6 Å². The van der Waals surface area contributed by atoms with E-state index in [2.05, 4.69) is 12.2 Å². The number of nitrogens with one attached hydrogen (secondary N) is 1. The summed E-state index contributed by atoms with van der Waals surface area (Å²) in [5, 5.41) is 13.6. The Morgan fingerprint density at radius 3 is 2.70 bits per heavy atom. The van der Waals surface area contributed by atoms with Crippen LogP contribution in [0.4, 0.5) is 0 Å². The third kappa shape index (κ3) is 3.17. The Hall–Kier alpha value is -1.52. The first-order valence-corrected chi connectivity index (χ1v) is 10.2. The van der Waals surface area contributed by atoms with Gasteiger partial charge in [0.2, 0.25) is 0 Å². The van der Waals surface area contributed by atoms with Gasteiger partial charge in [-0.2, -0.15) is 0 Å². The Kier molecular flexibility index (Phi) is 4.98. The fourth-order valence-electron chi connectivity index (χ4n) is 3.83. The van der Waals surface area contributed by atoms with Gasteiger partial charge in [-0.05, 0) is 24.8 Å². The summed E-state index contributed by atoms with van der Waals surface area (Å²) in [5.74, 6) is 0.355. The van der Waals surface area contributed by atoms with Gasteiger partial charge in [-0.1, -0.05) is 6.92 Å². The number of ether oxygens (including phenoxy) is 1. The molecule has 9 heteroatoms. The van der Waals surface area contributed by atoms with E-state index in [1.54, 1.807) is 11.7 Å². The molecule has 0 radical (unpaired) electrons. The lowest BCUT2D eigenvalue weighted by atomic mass is 10.2. The number of rotatable bonds is 6. The molecule has 148 valence electrons. The average molecular weight is 394 g/mol. The molecule has 1 aliphatic carbocycles. The number of aryl methyl sites for hydroxylation is 1. The van der Waals surface area contributed by atoms with Gasteiger partial charge in [-0.3, -0.25) is 24.1 Å². The number of methoxy groups -OCH3 is 1. The first kappa shape index (κ1) is 18.8. The van der Waals surface area contributed by atoms with Gasteiger partial charge in [-0.15, -0.1) is 11.3 Å². The molecule has 3 heterocycles. The summed E-state index contributed by atoms with van der Waals surface area (Å²) < 4.78 is 8.31. The van der Waals surface area contributed by atoms with Crippen molar-refractivity contribution in [3.05, 3.63) is 31.3 Å². The number of hydrogen-bond acceptors (Lipinski definition) is 7. The second-order valence-corrected chi connectivity index (χ2v) is 8.59. The first-order valence-electron chi connectivity index (χ1n) is 9.35. The standard InChI is InChI=1S/C18H26N4O4S/c1-10-8-12(10)22-15(23)14-11(2)13(9-20-5-4-19-17(20)24)27-16(14)21(18(22)25)6-7-26-3/h10,12,17,19,24H,4-9H2,1-3H3/t10-,12-,17?/m0/s1. The number of aromatic nitrogens is 2. The molecule has 2 aromatic rings. The molecule has 27 heavy (non-hydrogen) atoms. The number of hydrogen-bond donors (Lipinski definition) is 2. The molecular weight excluding hydrogens is 368 g/mol. The van der Waals surface area contributed by atoms with E-state index in [9.17, 15) is 14.7 Å². The Labute approximate surface area is 161 Å². The van der Waals surface area contributed by atoms with Crippen LogP contribution in [0.15, 0.2) is 9.59 Å². The summed E-state index contributed by atoms with van der Waals surface area (Å²) in [4.78, 5) is 29.9. The second-order valence-electron chi connectivity index (χ2n) is 7.51. The van der Waals surface area contributed by atoms with Crippen molar-refractivity contribution in [1.82, 2.24) is 19.4 Å². The van der Waals surface area contributed by atoms with E-state index < -0.39 is 6.35 Å². The topological polar surface area (TPSA) is 88.7 Å². The molecule has 1 aliphatic heterocycles. The maximum atomic E-state index is 13.2. The fraction of sp³-hybridized carbons (Fsp3) is 0.667. The van der Waals surface area contributed by atoms with E-state index in [1.807, 2.05) is 11.8 Å². The number of fused-ring (bicyclic) bond motifs is 1. The minimum atomic E-state index is -0.672. The Morgan fingerprint density at radius 2 is 2.11 bits per heavy atom. The van der Waals surface area contributed by atoms with Gasteiger partial charge in [0.25, 0.3) is 5.56 Å². The van der Waals surface area contributed by atoms with Gasteiger partial charge >= 0.3 is 5.69 Å². The third-order valence-corrected chi connectivity index (χ3v) is 6.98. The highest BCUT2D eigenvalue weighted by molar-refractivity contribution is 7.18. The van der Waals surface area contributed by atoms with Crippen molar-refractivity contribution in [2.45, 2.75) is 45.8 Å². The molecule has 2 aromatic heterocycles. The quantitative estimate of drug-likeness (QED) is 0.739. The van der Waals surface area contributed by atoms with Gasteiger partial charge in [0.05, 0.1) is 18.5 Å². The van der Waals surface area contributed by atoms with Crippen LogP contribution in [-0.2, 0) is 17.8 Å². The molecule has 1 saturated heterocycles. The van der Waals surface area contributed by atoms with Crippen LogP contribution in [0.2, 0.25) is 0 Å². The lowest BCUT2D eigenvalue weighted by molar-refractivity contribution is 0.0175. The number of aliphatic hydroxyl groups is 1. The minimum Gasteiger partial charge on any atom is -0.383 e. The Morgan fingerprint density at radius 1 is 1.37 bits per heavy atom. The monoisotopic (exact) mass is 394 g/mol. The number of thiophene rings is 1. The molecule has 1 saturated carbocycles. The van der Waals surface area contributed by atoms with E-state index in [4.69, 9.17) is 4.74 Å². The van der Waals surface area contributed by atoms with Crippen LogP contribution in [0.5, 0.6) is 0 Å². The second kappa shape index (κ2) is 7.14. The largest absolute Gasteiger partial charge is 0.383 e. The zero-order chi connectivity index (χ0) is 19.3. The van der Waals surface area contributed by atoms with Gasteiger partial charge < -0.3 is 9.84 Å².